The van der Waals surface area contributed by atoms with Crippen LogP contribution < -0.4 is 4.94 Å². The number of carbonyl (C=O) groups is 1. The fourth-order valence-electron chi connectivity index (χ4n) is 4.45. The number of urea groups is 1. The molecular weight excluding hydrogens is 469 g/mol. The Balaban J connectivity index is 0.00000108. The Morgan fingerprint density at radius 1 is 1.14 bits per heavy atom. The van der Waals surface area contributed by atoms with Crippen LogP contribution in [-0.2, 0) is 11.2 Å². The Bertz CT molecular complexity index is 909. The third-order valence-electron chi connectivity index (χ3n) is 6.26. The molecule has 4 rings (SSSR count). The smallest absolute Gasteiger partial charge is 0.320 e. The maximum atomic E-state index is 13.3. The third kappa shape index (κ3) is 7.31. The molecule has 3 heterocycles. The molecule has 9 nitrogen and oxygen atoms in total. The van der Waals surface area contributed by atoms with E-state index in [9.17, 15) is 23.2 Å². The van der Waals surface area contributed by atoms with Gasteiger partial charge in [-0.3, -0.25) is 4.94 Å². The number of benzene rings is 1. The minimum atomic E-state index is -1.75. The highest BCUT2D eigenvalue weighted by Crippen LogP contribution is 2.36. The number of rotatable bonds is 6. The molecule has 1 aromatic carbocycles. The number of amides is 2. The molecule has 2 amide bonds. The van der Waals surface area contributed by atoms with Crippen molar-refractivity contribution in [1.82, 2.24) is 19.9 Å². The average Bonchev–Trinajstić information content (AvgIpc) is 3.37. The predicted octanol–water partition coefficient (Wildman–Crippen LogP) is 3.55. The summed E-state index contributed by atoms with van der Waals surface area (Å²) in [6, 6.07) is 6.74. The number of ether oxygens (including phenoxy) is 1. The second kappa shape index (κ2) is 13.3. The molecule has 2 aliphatic rings. The molecule has 2 fully saturated rings. The van der Waals surface area contributed by atoms with Gasteiger partial charge < -0.3 is 24.2 Å². The molecule has 2 saturated heterocycles. The minimum absolute atomic E-state index is 0.0241. The summed E-state index contributed by atoms with van der Waals surface area (Å²) in [7, 11) is 1.62. The Morgan fingerprint density at radius 2 is 1.80 bits per heavy atom. The van der Waals surface area contributed by atoms with E-state index >= 15 is 0 Å². The first-order chi connectivity index (χ1) is 17.0. The van der Waals surface area contributed by atoms with Crippen molar-refractivity contribution in [2.75, 3.05) is 46.8 Å². The molecule has 0 aliphatic carbocycles. The van der Waals surface area contributed by atoms with Crippen molar-refractivity contribution in [2.45, 2.75) is 43.6 Å². The summed E-state index contributed by atoms with van der Waals surface area (Å²) in [5, 5.41) is 13.8. The maximum absolute atomic E-state index is 13.3. The van der Waals surface area contributed by atoms with Crippen molar-refractivity contribution in [1.29, 1.82) is 0 Å². The number of aliphatic hydroxyl groups excluding tert-OH is 1. The van der Waals surface area contributed by atoms with Gasteiger partial charge in [0.2, 0.25) is 12.8 Å². The van der Waals surface area contributed by atoms with Crippen molar-refractivity contribution in [3.05, 3.63) is 41.5 Å². The highest BCUT2D eigenvalue weighted by molar-refractivity contribution is 5.75. The van der Waals surface area contributed by atoms with Gasteiger partial charge in [-0.2, -0.15) is 4.98 Å². The first-order valence-corrected chi connectivity index (χ1v) is 11.5. The fourth-order valence-corrected chi connectivity index (χ4v) is 4.45. The number of halogens is 3. The van der Waals surface area contributed by atoms with Crippen LogP contribution >= 0.6 is 0 Å². The lowest BCUT2D eigenvalue weighted by molar-refractivity contribution is -0.00623. The quantitative estimate of drug-likeness (QED) is 0.647. The lowest BCUT2D eigenvalue weighted by Gasteiger charge is -2.40. The molecule has 1 N–H and O–H groups in total. The predicted molar refractivity (Wildman–Crippen MR) is 119 cm³/mol. The van der Waals surface area contributed by atoms with Crippen LogP contribution in [-0.4, -0.2) is 84.0 Å². The van der Waals surface area contributed by atoms with Crippen LogP contribution in [0.3, 0.4) is 0 Å². The van der Waals surface area contributed by atoms with E-state index in [-0.39, 0.29) is 29.7 Å². The monoisotopic (exact) mass is 500 g/mol. The van der Waals surface area contributed by atoms with Crippen LogP contribution in [0.4, 0.5) is 18.1 Å². The summed E-state index contributed by atoms with van der Waals surface area (Å²) in [5.74, 6) is 1.14. The Labute approximate surface area is 201 Å². The van der Waals surface area contributed by atoms with Gasteiger partial charge in [0.15, 0.2) is 11.6 Å². The number of aliphatic hydroxyl groups is 1. The van der Waals surface area contributed by atoms with Crippen LogP contribution in [0.1, 0.15) is 48.4 Å². The van der Waals surface area contributed by atoms with Gasteiger partial charge in [-0.1, -0.05) is 17.3 Å². The molecule has 2 aromatic rings. The first-order valence-electron chi connectivity index (χ1n) is 11.5. The van der Waals surface area contributed by atoms with Crippen molar-refractivity contribution < 1.29 is 37.4 Å². The number of hydrogen-bond donors (Lipinski definition) is 1. The zero-order chi connectivity index (χ0) is 25.2. The number of likely N-dealkylation sites (tertiary alicyclic amines) is 2. The molecule has 0 spiro atoms. The molecule has 0 bridgehead atoms. The van der Waals surface area contributed by atoms with Gasteiger partial charge in [0.05, 0.1) is 18.6 Å². The number of nitrogens with zero attached hydrogens (tertiary/aromatic N) is 4. The number of methoxy groups -OCH3 is 1. The molecule has 2 aliphatic heterocycles. The summed E-state index contributed by atoms with van der Waals surface area (Å²) in [5.41, 5.74) is 0.987. The normalized spacial score (nSPS) is 20.8. The van der Waals surface area contributed by atoms with Crippen LogP contribution in [0.5, 0.6) is 5.75 Å². The zero-order valence-corrected chi connectivity index (χ0v) is 19.6. The summed E-state index contributed by atoms with van der Waals surface area (Å²) in [6.45, 7) is 0.841. The van der Waals surface area contributed by atoms with Gasteiger partial charge in [0, 0.05) is 50.2 Å². The molecule has 1 aromatic heterocycles. The van der Waals surface area contributed by atoms with E-state index in [1.165, 1.54) is 0 Å². The zero-order valence-electron chi connectivity index (χ0n) is 19.6. The number of carbonyl (C=O) groups excluding carboxylic acids is 1. The third-order valence-corrected chi connectivity index (χ3v) is 6.26. The Morgan fingerprint density at radius 3 is 2.43 bits per heavy atom. The van der Waals surface area contributed by atoms with E-state index in [2.05, 4.69) is 15.1 Å². The van der Waals surface area contributed by atoms with Gasteiger partial charge in [0.25, 0.3) is 0 Å². The number of hydrogen-bond acceptors (Lipinski definition) is 7. The minimum Gasteiger partial charge on any atom is -0.393 e. The van der Waals surface area contributed by atoms with Gasteiger partial charge >= 0.3 is 6.03 Å². The molecule has 2 atom stereocenters. The second-order valence-electron chi connectivity index (χ2n) is 8.57. The van der Waals surface area contributed by atoms with Crippen LogP contribution in [0.2, 0.25) is 0 Å². The second-order valence-corrected chi connectivity index (χ2v) is 8.57. The van der Waals surface area contributed by atoms with Gasteiger partial charge in [-0.15, -0.1) is 0 Å². The van der Waals surface area contributed by atoms with Crippen molar-refractivity contribution >= 4 is 6.03 Å². The van der Waals surface area contributed by atoms with E-state index < -0.39 is 6.93 Å². The molecule has 194 valence electrons. The number of alkyl halides is 2. The van der Waals surface area contributed by atoms with Gasteiger partial charge in [-0.05, 0) is 37.0 Å². The highest BCUT2D eigenvalue weighted by atomic mass is 19.3. The molecule has 12 heteroatoms. The molecular formula is C23H31F3N4O5. The van der Waals surface area contributed by atoms with E-state index in [0.29, 0.717) is 63.8 Å². The summed E-state index contributed by atoms with van der Waals surface area (Å²) >= 11 is 0. The fraction of sp³-hybridized carbons (Fsp3) is 0.609. The Kier molecular flexibility index (Phi) is 10.2. The topological polar surface area (TPSA) is 101 Å². The van der Waals surface area contributed by atoms with Gasteiger partial charge in [0.1, 0.15) is 0 Å². The maximum Gasteiger partial charge on any atom is 0.320 e. The van der Waals surface area contributed by atoms with Crippen molar-refractivity contribution in [3.63, 3.8) is 0 Å². The molecule has 0 saturated carbocycles. The van der Waals surface area contributed by atoms with Crippen LogP contribution in [0, 0.1) is 0 Å². The van der Waals surface area contributed by atoms with Crippen molar-refractivity contribution in [3.8, 4) is 5.75 Å². The number of aromatic nitrogens is 2. The van der Waals surface area contributed by atoms with Crippen LogP contribution in [0.15, 0.2) is 28.8 Å². The summed E-state index contributed by atoms with van der Waals surface area (Å²) in [6.07, 6.45) is 2.11. The summed E-state index contributed by atoms with van der Waals surface area (Å²) < 4.78 is 42.3. The SMILES string of the molecule is COCCc1noc(C2CC(c3ccc(OF)cc3)CN(C(=O)N3CCC(O)CC3)C2)n1.FCF. The molecule has 35 heavy (non-hydrogen) atoms. The highest BCUT2D eigenvalue weighted by Gasteiger charge is 2.36. The molecule has 0 radical (unpaired) electrons. The van der Waals surface area contributed by atoms with E-state index in [4.69, 9.17) is 9.26 Å². The van der Waals surface area contributed by atoms with E-state index in [1.807, 2.05) is 17.0 Å². The van der Waals surface area contributed by atoms with Crippen molar-refractivity contribution in [2.24, 2.45) is 0 Å². The van der Waals surface area contributed by atoms with Crippen LogP contribution in [0.25, 0.3) is 0 Å². The van der Waals surface area contributed by atoms with E-state index in [0.717, 1.165) is 12.0 Å². The summed E-state index contributed by atoms with van der Waals surface area (Å²) in [4.78, 5) is 25.2. The largest absolute Gasteiger partial charge is 0.393 e. The van der Waals surface area contributed by atoms with E-state index in [1.54, 1.807) is 24.1 Å². The number of piperidine rings is 2. The average molecular weight is 501 g/mol. The lowest BCUT2D eigenvalue weighted by Crippen LogP contribution is -2.51. The lowest BCUT2D eigenvalue weighted by atomic mass is 9.84. The Hall–Kier alpha value is -2.86. The standard InChI is InChI=1S/C22H29FN4O5.CH2F2/c1-30-11-8-20-24-21(32-25-20)17-12-16(15-2-4-19(31-23)5-3-15)13-27(14-17)22(29)26-9-6-18(28)7-10-26;2-1-3/h2-5,16-18,28H,6-14H2,1H3;1H2. The van der Waals surface area contributed by atoms with Gasteiger partial charge in [-0.25, -0.2) is 13.6 Å². The first kappa shape index (κ1) is 26.7. The molecule has 2 unspecified atom stereocenters.